The minimum Gasteiger partial charge on any atom is -0.473 e. The second-order valence-corrected chi connectivity index (χ2v) is 6.93. The van der Waals surface area contributed by atoms with Crippen LogP contribution in [0.3, 0.4) is 0 Å². The van der Waals surface area contributed by atoms with Crippen LogP contribution in [0.25, 0.3) is 0 Å². The van der Waals surface area contributed by atoms with Crippen LogP contribution in [0.2, 0.25) is 0 Å². The van der Waals surface area contributed by atoms with Crippen LogP contribution in [-0.2, 0) is 14.2 Å². The molecule has 0 unspecified atom stereocenters. The predicted molar refractivity (Wildman–Crippen MR) is 113 cm³/mol. The molecule has 0 amide bonds. The second kappa shape index (κ2) is 13.5. The zero-order valence-corrected chi connectivity index (χ0v) is 18.2. The van der Waals surface area contributed by atoms with E-state index in [4.69, 9.17) is 24.7 Å². The van der Waals surface area contributed by atoms with Gasteiger partial charge in [0.15, 0.2) is 0 Å². The lowest BCUT2D eigenvalue weighted by Gasteiger charge is -2.38. The number of anilines is 1. The minimum absolute atomic E-state index is 0. The molecule has 28 heavy (non-hydrogen) atoms. The fraction of sp³-hybridized carbons (Fsp3) is 0.833. The Hall–Kier alpha value is -0.770. The molecule has 3 rings (SSSR count). The Kier molecular flexibility index (Phi) is 12.1. The van der Waals surface area contributed by atoms with E-state index >= 15 is 0 Å². The topological polar surface area (TPSA) is 84.0 Å². The number of aromatic nitrogens is 2. The molecule has 0 atom stereocenters. The normalized spacial score (nSPS) is 22.9. The molecule has 1 aromatic heterocycles. The molecule has 0 bridgehead atoms. The van der Waals surface area contributed by atoms with Gasteiger partial charge in [-0.15, -0.1) is 29.9 Å². The van der Waals surface area contributed by atoms with Crippen LogP contribution >= 0.6 is 24.8 Å². The quantitative estimate of drug-likeness (QED) is 0.588. The predicted octanol–water partition coefficient (Wildman–Crippen LogP) is 2.17. The average Bonchev–Trinajstić information content (AvgIpc) is 3.06. The molecule has 2 aliphatic rings. The number of morpholine rings is 1. The molecule has 2 N–H and O–H groups in total. The van der Waals surface area contributed by atoms with Gasteiger partial charge < -0.3 is 24.7 Å². The van der Waals surface area contributed by atoms with Crippen molar-refractivity contribution >= 4 is 30.5 Å². The molecule has 1 aromatic rings. The smallest absolute Gasteiger partial charge is 0.256 e. The summed E-state index contributed by atoms with van der Waals surface area (Å²) < 4.78 is 23.4. The number of methoxy groups -OCH3 is 1. The fourth-order valence-electron chi connectivity index (χ4n) is 3.76. The minimum atomic E-state index is 0. The van der Waals surface area contributed by atoms with Crippen molar-refractivity contribution in [2.45, 2.75) is 37.8 Å². The van der Waals surface area contributed by atoms with Gasteiger partial charge in [-0.1, -0.05) is 0 Å². The van der Waals surface area contributed by atoms with Crippen molar-refractivity contribution in [2.75, 3.05) is 65.6 Å². The van der Waals surface area contributed by atoms with Crippen molar-refractivity contribution in [1.82, 2.24) is 14.7 Å². The third-order valence-electron chi connectivity index (χ3n) is 5.23. The van der Waals surface area contributed by atoms with E-state index in [1.54, 1.807) is 7.11 Å². The molecular weight excluding hydrogens is 407 g/mol. The Morgan fingerprint density at radius 2 is 1.68 bits per heavy atom. The van der Waals surface area contributed by atoms with Gasteiger partial charge in [0, 0.05) is 26.2 Å². The van der Waals surface area contributed by atoms with E-state index in [0.29, 0.717) is 50.1 Å². The summed E-state index contributed by atoms with van der Waals surface area (Å²) in [5.41, 5.74) is 6.66. The van der Waals surface area contributed by atoms with Crippen LogP contribution < -0.4 is 10.5 Å². The van der Waals surface area contributed by atoms with Crippen molar-refractivity contribution < 1.29 is 18.9 Å². The maximum atomic E-state index is 6.06. The first-order valence-corrected chi connectivity index (χ1v) is 9.64. The van der Waals surface area contributed by atoms with Gasteiger partial charge in [-0.2, -0.15) is 0 Å². The van der Waals surface area contributed by atoms with Gasteiger partial charge in [-0.25, -0.2) is 0 Å². The lowest BCUT2D eigenvalue weighted by atomic mass is 9.90. The van der Waals surface area contributed by atoms with E-state index in [0.717, 1.165) is 39.1 Å². The van der Waals surface area contributed by atoms with Crippen LogP contribution in [0.15, 0.2) is 6.20 Å². The molecule has 1 aliphatic heterocycles. The van der Waals surface area contributed by atoms with E-state index in [1.807, 2.05) is 10.9 Å². The summed E-state index contributed by atoms with van der Waals surface area (Å²) in [5.74, 6) is 0.510. The molecule has 2 fully saturated rings. The molecule has 1 saturated carbocycles. The van der Waals surface area contributed by atoms with Crippen LogP contribution in [0.5, 0.6) is 5.88 Å². The molecule has 1 aliphatic carbocycles. The summed E-state index contributed by atoms with van der Waals surface area (Å²) in [5, 5.41) is 4.56. The third-order valence-corrected chi connectivity index (χ3v) is 5.23. The van der Waals surface area contributed by atoms with Crippen molar-refractivity contribution in [1.29, 1.82) is 0 Å². The highest BCUT2D eigenvalue weighted by Gasteiger charge is 2.28. The summed E-state index contributed by atoms with van der Waals surface area (Å²) in [7, 11) is 1.65. The standard InChI is InChI=1S/C18H32N4O4.2ClH/c1-23-10-11-25-12-13-26-18-17(19)14-22(20-18)16-4-2-15(3-5-16)21-6-8-24-9-7-21;;/h14-16H,2-13,19H2,1H3;2*1H/t15-,16-;;. The van der Waals surface area contributed by atoms with Crippen LogP contribution in [0, 0.1) is 0 Å². The van der Waals surface area contributed by atoms with Crippen LogP contribution in [0.1, 0.15) is 31.7 Å². The van der Waals surface area contributed by atoms with Crippen molar-refractivity contribution in [3.8, 4) is 5.88 Å². The molecule has 0 radical (unpaired) electrons. The lowest BCUT2D eigenvalue weighted by molar-refractivity contribution is 0.00501. The van der Waals surface area contributed by atoms with Gasteiger partial charge in [-0.3, -0.25) is 9.58 Å². The summed E-state index contributed by atoms with van der Waals surface area (Å²) in [6.45, 7) is 5.95. The highest BCUT2D eigenvalue weighted by molar-refractivity contribution is 5.85. The van der Waals surface area contributed by atoms with Crippen molar-refractivity contribution in [2.24, 2.45) is 0 Å². The SMILES string of the molecule is COCCOCCOc1nn([C@H]2CC[C@H](N3CCOCC3)CC2)cc1N.Cl.Cl. The van der Waals surface area contributed by atoms with Gasteiger partial charge in [0.1, 0.15) is 12.3 Å². The van der Waals surface area contributed by atoms with Gasteiger partial charge in [0.2, 0.25) is 0 Å². The Morgan fingerprint density at radius 3 is 2.36 bits per heavy atom. The first-order chi connectivity index (χ1) is 12.8. The summed E-state index contributed by atoms with van der Waals surface area (Å²) >= 11 is 0. The van der Waals surface area contributed by atoms with E-state index in [1.165, 1.54) is 12.8 Å². The first-order valence-electron chi connectivity index (χ1n) is 9.64. The molecule has 0 aromatic carbocycles. The van der Waals surface area contributed by atoms with Gasteiger partial charge >= 0.3 is 0 Å². The number of rotatable bonds is 9. The summed E-state index contributed by atoms with van der Waals surface area (Å²) in [6.07, 6.45) is 6.56. The summed E-state index contributed by atoms with van der Waals surface area (Å²) in [6, 6.07) is 1.09. The van der Waals surface area contributed by atoms with Gasteiger partial charge in [0.25, 0.3) is 5.88 Å². The number of hydrogen-bond acceptors (Lipinski definition) is 7. The first kappa shape index (κ1) is 25.3. The average molecular weight is 441 g/mol. The number of nitrogen functional groups attached to an aromatic ring is 1. The van der Waals surface area contributed by atoms with Gasteiger partial charge in [0.05, 0.1) is 45.3 Å². The fourth-order valence-corrected chi connectivity index (χ4v) is 3.76. The maximum Gasteiger partial charge on any atom is 0.256 e. The Morgan fingerprint density at radius 1 is 1.04 bits per heavy atom. The number of nitrogens with two attached hydrogens (primary N) is 1. The molecule has 2 heterocycles. The molecule has 8 nitrogen and oxygen atoms in total. The zero-order chi connectivity index (χ0) is 18.2. The molecule has 164 valence electrons. The number of halogens is 2. The second-order valence-electron chi connectivity index (χ2n) is 6.93. The lowest BCUT2D eigenvalue weighted by Crippen LogP contribution is -2.45. The Balaban J connectivity index is 0.00000196. The van der Waals surface area contributed by atoms with Gasteiger partial charge in [-0.05, 0) is 25.7 Å². The number of nitrogens with zero attached hydrogens (tertiary/aromatic N) is 3. The zero-order valence-electron chi connectivity index (χ0n) is 16.6. The molecule has 1 saturated heterocycles. The Bertz CT molecular complexity index is 536. The van der Waals surface area contributed by atoms with Crippen molar-refractivity contribution in [3.63, 3.8) is 0 Å². The molecule has 10 heteroatoms. The molecular formula is C18H34Cl2N4O4. The molecule has 0 spiro atoms. The van der Waals surface area contributed by atoms with E-state index < -0.39 is 0 Å². The highest BCUT2D eigenvalue weighted by Crippen LogP contribution is 2.33. The largest absolute Gasteiger partial charge is 0.473 e. The van der Waals surface area contributed by atoms with Crippen LogP contribution in [0.4, 0.5) is 5.69 Å². The monoisotopic (exact) mass is 440 g/mol. The number of ether oxygens (including phenoxy) is 4. The number of hydrogen-bond donors (Lipinski definition) is 1. The van der Waals surface area contributed by atoms with E-state index in [2.05, 4.69) is 10.00 Å². The van der Waals surface area contributed by atoms with Crippen molar-refractivity contribution in [3.05, 3.63) is 6.20 Å². The Labute approximate surface area is 179 Å². The summed E-state index contributed by atoms with van der Waals surface area (Å²) in [4.78, 5) is 2.58. The highest BCUT2D eigenvalue weighted by atomic mass is 35.5. The van der Waals surface area contributed by atoms with Crippen LogP contribution in [-0.4, -0.2) is 80.6 Å². The van der Waals surface area contributed by atoms with E-state index in [-0.39, 0.29) is 24.8 Å². The third kappa shape index (κ3) is 7.24. The maximum absolute atomic E-state index is 6.06. The van der Waals surface area contributed by atoms with E-state index in [9.17, 15) is 0 Å².